The van der Waals surface area contributed by atoms with Gasteiger partial charge in [-0.25, -0.2) is 4.79 Å². The van der Waals surface area contributed by atoms with Gasteiger partial charge in [0.15, 0.2) is 0 Å². The quantitative estimate of drug-likeness (QED) is 0.737. The van der Waals surface area contributed by atoms with Crippen LogP contribution in [0.2, 0.25) is 5.02 Å². The first-order valence-corrected chi connectivity index (χ1v) is 11.3. The molecule has 3 aliphatic rings. The van der Waals surface area contributed by atoms with Crippen molar-refractivity contribution in [3.05, 3.63) is 52.8 Å². The van der Waals surface area contributed by atoms with E-state index in [9.17, 15) is 14.7 Å². The van der Waals surface area contributed by atoms with E-state index in [0.717, 1.165) is 36.4 Å². The molecule has 1 aromatic carbocycles. The fourth-order valence-electron chi connectivity index (χ4n) is 5.91. The highest BCUT2D eigenvalue weighted by Gasteiger charge is 2.64. The first-order valence-electron chi connectivity index (χ1n) is 10.9. The van der Waals surface area contributed by atoms with Gasteiger partial charge in [0.1, 0.15) is 0 Å². The van der Waals surface area contributed by atoms with E-state index < -0.39 is 6.09 Å². The number of rotatable bonds is 2. The molecule has 2 aromatic rings. The Morgan fingerprint density at radius 1 is 1.16 bits per heavy atom. The minimum absolute atomic E-state index is 0.00751. The summed E-state index contributed by atoms with van der Waals surface area (Å²) < 4.78 is 0. The molecule has 32 heavy (non-hydrogen) atoms. The summed E-state index contributed by atoms with van der Waals surface area (Å²) in [6.07, 6.45) is 3.45. The van der Waals surface area contributed by atoms with Crippen LogP contribution in [0.25, 0.3) is 0 Å². The Kier molecular flexibility index (Phi) is 4.68. The zero-order chi connectivity index (χ0) is 22.8. The fraction of sp³-hybridized carbons (Fsp3) is 0.458. The summed E-state index contributed by atoms with van der Waals surface area (Å²) in [5.74, 6) is -0.0363. The predicted molar refractivity (Wildman–Crippen MR) is 124 cm³/mol. The molecule has 1 aromatic heterocycles. The van der Waals surface area contributed by atoms with Crippen molar-refractivity contribution < 1.29 is 14.7 Å². The number of nitrogens with zero attached hydrogens (tertiary/aromatic N) is 4. The largest absolute Gasteiger partial charge is 0.465 e. The summed E-state index contributed by atoms with van der Waals surface area (Å²) >= 11 is 6.08. The van der Waals surface area contributed by atoms with Gasteiger partial charge < -0.3 is 19.8 Å². The second-order valence-electron chi connectivity index (χ2n) is 10.3. The number of benzene rings is 1. The lowest BCUT2D eigenvalue weighted by Gasteiger charge is -2.68. The summed E-state index contributed by atoms with van der Waals surface area (Å²) in [5, 5.41) is 10.2. The molecule has 7 nitrogen and oxygen atoms in total. The molecule has 8 heteroatoms. The maximum Gasteiger partial charge on any atom is 0.407 e. The molecule has 5 rings (SSSR count). The number of anilines is 2. The van der Waals surface area contributed by atoms with E-state index in [1.54, 1.807) is 28.1 Å². The van der Waals surface area contributed by atoms with Gasteiger partial charge in [-0.05, 0) is 41.7 Å². The number of carbonyl (C=O) groups excluding carboxylic acids is 1. The Bertz CT molecular complexity index is 1110. The van der Waals surface area contributed by atoms with Crippen molar-refractivity contribution in [1.29, 1.82) is 0 Å². The van der Waals surface area contributed by atoms with Crippen LogP contribution in [0, 0.1) is 10.8 Å². The lowest BCUT2D eigenvalue weighted by molar-refractivity contribution is -0.121. The highest BCUT2D eigenvalue weighted by Crippen LogP contribution is 2.53. The maximum absolute atomic E-state index is 13.1. The summed E-state index contributed by atoms with van der Waals surface area (Å²) in [4.78, 5) is 34.7. The average molecular weight is 455 g/mol. The van der Waals surface area contributed by atoms with Crippen LogP contribution >= 0.6 is 11.6 Å². The van der Waals surface area contributed by atoms with Crippen LogP contribution in [-0.4, -0.2) is 59.2 Å². The normalized spacial score (nSPS) is 21.8. The Morgan fingerprint density at radius 2 is 1.88 bits per heavy atom. The number of likely N-dealkylation sites (tertiary alicyclic amines) is 1. The summed E-state index contributed by atoms with van der Waals surface area (Å²) in [6, 6.07) is 7.41. The fourth-order valence-corrected chi connectivity index (χ4v) is 6.10. The Hall–Kier alpha value is -2.80. The third-order valence-corrected chi connectivity index (χ3v) is 7.22. The van der Waals surface area contributed by atoms with Crippen LogP contribution in [-0.2, 0) is 6.42 Å². The molecule has 0 bridgehead atoms. The standard InChI is InChI=1S/C24H27ClN4O3/c1-23(2,3)21-24(14-29(21)22(31)32)12-27(13-24)17-9-18(11-26-10-17)28-7-6-15-8-16(25)4-5-19(15)20(28)30/h4-5,8-11,21H,6-7,12-14H2,1-3H3,(H,31,32). The molecule has 4 heterocycles. The van der Waals surface area contributed by atoms with E-state index in [2.05, 4.69) is 30.7 Å². The molecular formula is C24H27ClN4O3. The topological polar surface area (TPSA) is 77.0 Å². The molecule has 3 aliphatic heterocycles. The van der Waals surface area contributed by atoms with Crippen LogP contribution < -0.4 is 9.80 Å². The number of hydrogen-bond acceptors (Lipinski definition) is 4. The summed E-state index contributed by atoms with van der Waals surface area (Å²) in [5.41, 5.74) is 3.26. The number of aromatic nitrogens is 1. The van der Waals surface area contributed by atoms with Crippen LogP contribution in [0.15, 0.2) is 36.7 Å². The van der Waals surface area contributed by atoms with Gasteiger partial charge in [0.2, 0.25) is 0 Å². The Labute approximate surface area is 192 Å². The van der Waals surface area contributed by atoms with E-state index in [1.165, 1.54) is 0 Å². The third kappa shape index (κ3) is 3.22. The molecular weight excluding hydrogens is 428 g/mol. The minimum atomic E-state index is -0.845. The number of carboxylic acid groups (broad SMARTS) is 1. The molecule has 1 unspecified atom stereocenters. The Balaban J connectivity index is 1.34. The first-order chi connectivity index (χ1) is 15.1. The zero-order valence-electron chi connectivity index (χ0n) is 18.5. The lowest BCUT2D eigenvalue weighted by atomic mass is 9.58. The second kappa shape index (κ2) is 7.10. The van der Waals surface area contributed by atoms with Gasteiger partial charge in [-0.2, -0.15) is 0 Å². The van der Waals surface area contributed by atoms with Crippen molar-refractivity contribution in [1.82, 2.24) is 9.88 Å². The van der Waals surface area contributed by atoms with Crippen molar-refractivity contribution in [2.24, 2.45) is 10.8 Å². The monoisotopic (exact) mass is 454 g/mol. The molecule has 0 aliphatic carbocycles. The van der Waals surface area contributed by atoms with E-state index in [1.807, 2.05) is 18.3 Å². The smallest absolute Gasteiger partial charge is 0.407 e. The van der Waals surface area contributed by atoms with Gasteiger partial charge in [-0.1, -0.05) is 32.4 Å². The van der Waals surface area contributed by atoms with Gasteiger partial charge in [-0.15, -0.1) is 0 Å². The van der Waals surface area contributed by atoms with E-state index in [4.69, 9.17) is 11.6 Å². The highest BCUT2D eigenvalue weighted by molar-refractivity contribution is 6.30. The molecule has 2 fully saturated rings. The first kappa shape index (κ1) is 21.1. The molecule has 0 saturated carbocycles. The molecule has 2 saturated heterocycles. The van der Waals surface area contributed by atoms with Gasteiger partial charge >= 0.3 is 6.09 Å². The zero-order valence-corrected chi connectivity index (χ0v) is 19.3. The molecule has 1 atom stereocenters. The van der Waals surface area contributed by atoms with E-state index in [-0.39, 0.29) is 22.8 Å². The number of amides is 2. The average Bonchev–Trinajstić information content (AvgIpc) is 2.65. The van der Waals surface area contributed by atoms with Crippen molar-refractivity contribution in [2.75, 3.05) is 36.0 Å². The number of carbonyl (C=O) groups is 2. The van der Waals surface area contributed by atoms with Crippen LogP contribution in [0.4, 0.5) is 16.2 Å². The summed E-state index contributed by atoms with van der Waals surface area (Å²) in [7, 11) is 0. The van der Waals surface area contributed by atoms with Crippen LogP contribution in [0.1, 0.15) is 36.7 Å². The SMILES string of the molecule is CC(C)(C)C1N(C(=O)O)CC12CN(c1cncc(N3CCc4cc(Cl)ccc4C3=O)c1)C2. The van der Waals surface area contributed by atoms with Gasteiger partial charge in [0.05, 0.1) is 29.8 Å². The van der Waals surface area contributed by atoms with Crippen LogP contribution in [0.3, 0.4) is 0 Å². The van der Waals surface area contributed by atoms with Crippen LogP contribution in [0.5, 0.6) is 0 Å². The lowest BCUT2D eigenvalue weighted by Crippen LogP contribution is -2.81. The van der Waals surface area contributed by atoms with Crippen molar-refractivity contribution in [3.8, 4) is 0 Å². The molecule has 1 spiro atoms. The summed E-state index contributed by atoms with van der Waals surface area (Å²) in [6.45, 7) is 9.04. The van der Waals surface area contributed by atoms with Crippen molar-refractivity contribution in [3.63, 3.8) is 0 Å². The van der Waals surface area contributed by atoms with Gasteiger partial charge in [-0.3, -0.25) is 9.78 Å². The number of pyridine rings is 1. The predicted octanol–water partition coefficient (Wildman–Crippen LogP) is 4.15. The highest BCUT2D eigenvalue weighted by atomic mass is 35.5. The molecule has 168 valence electrons. The maximum atomic E-state index is 13.1. The third-order valence-electron chi connectivity index (χ3n) is 6.99. The molecule has 1 N–H and O–H groups in total. The number of hydrogen-bond donors (Lipinski definition) is 1. The van der Waals surface area contributed by atoms with Crippen molar-refractivity contribution in [2.45, 2.75) is 33.2 Å². The van der Waals surface area contributed by atoms with E-state index in [0.29, 0.717) is 23.7 Å². The molecule has 2 amide bonds. The van der Waals surface area contributed by atoms with Crippen molar-refractivity contribution >= 4 is 35.0 Å². The Morgan fingerprint density at radius 3 is 2.56 bits per heavy atom. The van der Waals surface area contributed by atoms with Gasteiger partial charge in [0, 0.05) is 42.2 Å². The van der Waals surface area contributed by atoms with E-state index >= 15 is 0 Å². The number of halogens is 1. The number of fused-ring (bicyclic) bond motifs is 1. The second-order valence-corrected chi connectivity index (χ2v) is 10.7. The van der Waals surface area contributed by atoms with Gasteiger partial charge in [0.25, 0.3) is 5.91 Å². The minimum Gasteiger partial charge on any atom is -0.465 e. The molecule has 0 radical (unpaired) electrons.